The van der Waals surface area contributed by atoms with Gasteiger partial charge in [-0.15, -0.1) is 0 Å². The Morgan fingerprint density at radius 3 is 2.85 bits per heavy atom. The largest absolute Gasteiger partial charge is 0.395 e. The molecule has 1 aliphatic rings. The second kappa shape index (κ2) is 6.75. The number of para-hydroxylation sites is 1. The highest BCUT2D eigenvalue weighted by molar-refractivity contribution is 5.81. The second-order valence-corrected chi connectivity index (χ2v) is 5.45. The van der Waals surface area contributed by atoms with Gasteiger partial charge < -0.3 is 15.3 Å². The van der Waals surface area contributed by atoms with Crippen molar-refractivity contribution >= 4 is 11.6 Å². The number of nitrogens with zero attached hydrogens (tertiary/aromatic N) is 1. The van der Waals surface area contributed by atoms with Crippen LogP contribution in [0.3, 0.4) is 0 Å². The predicted octanol–water partition coefficient (Wildman–Crippen LogP) is 1.89. The van der Waals surface area contributed by atoms with E-state index in [-0.39, 0.29) is 24.5 Å². The summed E-state index contributed by atoms with van der Waals surface area (Å²) in [5, 5.41) is 12.5. The van der Waals surface area contributed by atoms with Gasteiger partial charge in [0.05, 0.1) is 12.5 Å². The molecule has 0 saturated carbocycles. The first-order valence-electron chi connectivity index (χ1n) is 7.41. The molecule has 0 radical (unpaired) electrons. The van der Waals surface area contributed by atoms with Gasteiger partial charge >= 0.3 is 0 Å². The van der Waals surface area contributed by atoms with Gasteiger partial charge in [0, 0.05) is 24.8 Å². The maximum atomic E-state index is 12.7. The highest BCUT2D eigenvalue weighted by Gasteiger charge is 2.32. The molecule has 1 amide bonds. The lowest BCUT2D eigenvalue weighted by molar-refractivity contribution is -0.136. The summed E-state index contributed by atoms with van der Waals surface area (Å²) in [7, 11) is 0. The molecule has 1 heterocycles. The number of carbonyl (C=O) groups excluding carboxylic acids is 1. The van der Waals surface area contributed by atoms with Gasteiger partial charge in [-0.25, -0.2) is 0 Å². The Balaban J connectivity index is 2.14. The molecule has 0 spiro atoms. The molecule has 0 bridgehead atoms. The van der Waals surface area contributed by atoms with Crippen LogP contribution >= 0.6 is 0 Å². The minimum absolute atomic E-state index is 0.0247. The molecule has 20 heavy (non-hydrogen) atoms. The average molecular weight is 276 g/mol. The van der Waals surface area contributed by atoms with Crippen molar-refractivity contribution in [3.63, 3.8) is 0 Å². The average Bonchev–Trinajstić information content (AvgIpc) is 2.45. The van der Waals surface area contributed by atoms with E-state index < -0.39 is 0 Å². The number of aliphatic hydroxyl groups excluding tert-OH is 1. The Bertz CT molecular complexity index is 456. The molecular weight excluding hydrogens is 252 g/mol. The molecule has 1 aromatic carbocycles. The van der Waals surface area contributed by atoms with Crippen LogP contribution in [0.4, 0.5) is 5.69 Å². The molecule has 2 atom stereocenters. The third-order valence-electron chi connectivity index (χ3n) is 3.94. The van der Waals surface area contributed by atoms with Crippen LogP contribution in [0.1, 0.15) is 25.8 Å². The summed E-state index contributed by atoms with van der Waals surface area (Å²) in [4.78, 5) is 14.5. The monoisotopic (exact) mass is 276 g/mol. The second-order valence-electron chi connectivity index (χ2n) is 5.45. The molecule has 2 rings (SSSR count). The van der Waals surface area contributed by atoms with E-state index in [4.69, 9.17) is 5.11 Å². The SMILES string of the molecule is CCCN(CCO)C(=O)C1Cc2ccccc2NC1C. The predicted molar refractivity (Wildman–Crippen MR) is 80.7 cm³/mol. The topological polar surface area (TPSA) is 52.6 Å². The highest BCUT2D eigenvalue weighted by atomic mass is 16.3. The Kier molecular flexibility index (Phi) is 5.01. The van der Waals surface area contributed by atoms with Crippen molar-refractivity contribution in [1.29, 1.82) is 0 Å². The fourth-order valence-corrected chi connectivity index (χ4v) is 2.86. The summed E-state index contributed by atoms with van der Waals surface area (Å²) in [6.07, 6.45) is 1.69. The molecule has 0 fully saturated rings. The van der Waals surface area contributed by atoms with Crippen molar-refractivity contribution in [2.75, 3.05) is 25.0 Å². The van der Waals surface area contributed by atoms with Crippen LogP contribution in [0, 0.1) is 5.92 Å². The smallest absolute Gasteiger partial charge is 0.228 e. The number of nitrogens with one attached hydrogen (secondary N) is 1. The van der Waals surface area contributed by atoms with Crippen LogP contribution in [0.15, 0.2) is 24.3 Å². The molecule has 0 aliphatic carbocycles. The maximum absolute atomic E-state index is 12.7. The van der Waals surface area contributed by atoms with Gasteiger partial charge in [0.1, 0.15) is 0 Å². The van der Waals surface area contributed by atoms with Gasteiger partial charge in [-0.3, -0.25) is 4.79 Å². The molecule has 0 aromatic heterocycles. The molecule has 2 N–H and O–H groups in total. The molecule has 1 aliphatic heterocycles. The third kappa shape index (κ3) is 3.12. The summed E-state index contributed by atoms with van der Waals surface area (Å²) in [5.74, 6) is 0.0957. The fourth-order valence-electron chi connectivity index (χ4n) is 2.86. The van der Waals surface area contributed by atoms with Crippen LogP contribution < -0.4 is 5.32 Å². The Hall–Kier alpha value is -1.55. The summed E-state index contributed by atoms with van der Waals surface area (Å²) >= 11 is 0. The van der Waals surface area contributed by atoms with E-state index in [1.807, 2.05) is 12.1 Å². The molecular formula is C16H24N2O2. The van der Waals surface area contributed by atoms with Gasteiger partial charge in [0.25, 0.3) is 0 Å². The van der Waals surface area contributed by atoms with Crippen LogP contribution in [-0.4, -0.2) is 41.7 Å². The normalized spacial score (nSPS) is 20.9. The van der Waals surface area contributed by atoms with Crippen LogP contribution in [0.2, 0.25) is 0 Å². The lowest BCUT2D eigenvalue weighted by atomic mass is 9.87. The molecule has 0 saturated heterocycles. The van der Waals surface area contributed by atoms with Crippen molar-refractivity contribution < 1.29 is 9.90 Å². The third-order valence-corrected chi connectivity index (χ3v) is 3.94. The molecule has 2 unspecified atom stereocenters. The zero-order chi connectivity index (χ0) is 14.5. The minimum Gasteiger partial charge on any atom is -0.395 e. The van der Waals surface area contributed by atoms with Crippen molar-refractivity contribution in [2.24, 2.45) is 5.92 Å². The van der Waals surface area contributed by atoms with Gasteiger partial charge in [0.15, 0.2) is 0 Å². The quantitative estimate of drug-likeness (QED) is 0.863. The Morgan fingerprint density at radius 2 is 2.15 bits per heavy atom. The van der Waals surface area contributed by atoms with Gasteiger partial charge in [0.2, 0.25) is 5.91 Å². The Labute approximate surface area is 120 Å². The van der Waals surface area contributed by atoms with E-state index in [0.717, 1.165) is 18.5 Å². The number of amides is 1. The summed E-state index contributed by atoms with van der Waals surface area (Å²) in [6, 6.07) is 8.27. The van der Waals surface area contributed by atoms with Gasteiger partial charge in [-0.1, -0.05) is 25.1 Å². The van der Waals surface area contributed by atoms with Gasteiger partial charge in [-0.2, -0.15) is 0 Å². The Morgan fingerprint density at radius 1 is 1.40 bits per heavy atom. The van der Waals surface area contributed by atoms with Crippen molar-refractivity contribution in [1.82, 2.24) is 4.90 Å². The van der Waals surface area contributed by atoms with Crippen molar-refractivity contribution in [3.05, 3.63) is 29.8 Å². The highest BCUT2D eigenvalue weighted by Crippen LogP contribution is 2.29. The lowest BCUT2D eigenvalue weighted by Crippen LogP contribution is -2.46. The first-order chi connectivity index (χ1) is 9.67. The van der Waals surface area contributed by atoms with Crippen molar-refractivity contribution in [3.8, 4) is 0 Å². The molecule has 4 heteroatoms. The maximum Gasteiger partial charge on any atom is 0.228 e. The number of hydrogen-bond acceptors (Lipinski definition) is 3. The van der Waals surface area contributed by atoms with Crippen molar-refractivity contribution in [2.45, 2.75) is 32.7 Å². The number of aliphatic hydroxyl groups is 1. The zero-order valence-corrected chi connectivity index (χ0v) is 12.3. The first kappa shape index (κ1) is 14.9. The summed E-state index contributed by atoms with van der Waals surface area (Å²) in [5.41, 5.74) is 2.33. The van der Waals surface area contributed by atoms with Crippen LogP contribution in [0.5, 0.6) is 0 Å². The first-order valence-corrected chi connectivity index (χ1v) is 7.41. The van der Waals surface area contributed by atoms with E-state index in [0.29, 0.717) is 13.1 Å². The van der Waals surface area contributed by atoms with E-state index in [1.165, 1.54) is 5.56 Å². The fraction of sp³-hybridized carbons (Fsp3) is 0.562. The van der Waals surface area contributed by atoms with E-state index in [2.05, 4.69) is 31.3 Å². The van der Waals surface area contributed by atoms with Crippen LogP contribution in [0.25, 0.3) is 0 Å². The van der Waals surface area contributed by atoms with Crippen LogP contribution in [-0.2, 0) is 11.2 Å². The van der Waals surface area contributed by atoms with E-state index in [9.17, 15) is 4.79 Å². The molecule has 1 aromatic rings. The summed E-state index contributed by atoms with van der Waals surface area (Å²) in [6.45, 7) is 5.27. The number of hydrogen-bond donors (Lipinski definition) is 2. The number of rotatable bonds is 5. The lowest BCUT2D eigenvalue weighted by Gasteiger charge is -2.35. The number of fused-ring (bicyclic) bond motifs is 1. The van der Waals surface area contributed by atoms with E-state index >= 15 is 0 Å². The molecule has 4 nitrogen and oxygen atoms in total. The van der Waals surface area contributed by atoms with E-state index in [1.54, 1.807) is 4.90 Å². The zero-order valence-electron chi connectivity index (χ0n) is 12.3. The number of anilines is 1. The van der Waals surface area contributed by atoms with Gasteiger partial charge in [-0.05, 0) is 31.4 Å². The number of carbonyl (C=O) groups is 1. The summed E-state index contributed by atoms with van der Waals surface area (Å²) < 4.78 is 0. The number of benzene rings is 1. The standard InChI is InChI=1S/C16H24N2O2/c1-3-8-18(9-10-19)16(20)14-11-13-6-4-5-7-15(13)17-12(14)2/h4-7,12,14,17,19H,3,8-11H2,1-2H3. The minimum atomic E-state index is -0.0528. The molecule has 110 valence electrons.